The van der Waals surface area contributed by atoms with Crippen molar-refractivity contribution < 1.29 is 31.2 Å². The van der Waals surface area contributed by atoms with Gasteiger partial charge in [0.05, 0.1) is 32.3 Å². The van der Waals surface area contributed by atoms with Crippen LogP contribution in [-0.4, -0.2) is 25.2 Å². The maximum atomic E-state index is 12.8. The molecule has 2 heterocycles. The predicted molar refractivity (Wildman–Crippen MR) is 104 cm³/mol. The van der Waals surface area contributed by atoms with Crippen molar-refractivity contribution in [3.8, 4) is 0 Å². The molecule has 6 nitrogen and oxygen atoms in total. The van der Waals surface area contributed by atoms with Gasteiger partial charge in [-0.2, -0.15) is 13.2 Å². The summed E-state index contributed by atoms with van der Waals surface area (Å²) in [5.74, 6) is -1.10. The van der Waals surface area contributed by atoms with Gasteiger partial charge in [-0.15, -0.1) is 0 Å². The van der Waals surface area contributed by atoms with E-state index in [1.165, 1.54) is 24.3 Å². The first-order chi connectivity index (χ1) is 14.5. The number of imide groups is 1. The van der Waals surface area contributed by atoms with Gasteiger partial charge in [0.2, 0.25) is 9.84 Å². The van der Waals surface area contributed by atoms with E-state index in [1.54, 1.807) is 12.1 Å². The van der Waals surface area contributed by atoms with E-state index < -0.39 is 43.4 Å². The smallest absolute Gasteiger partial charge is 0.268 e. The van der Waals surface area contributed by atoms with Crippen molar-refractivity contribution in [3.63, 3.8) is 0 Å². The Labute approximate surface area is 178 Å². The monoisotopic (exact) mass is 466 g/mol. The Kier molecular flexibility index (Phi) is 4.86. The number of anilines is 1. The molecule has 1 aliphatic rings. The lowest BCUT2D eigenvalue weighted by molar-refractivity contribution is -0.137. The van der Waals surface area contributed by atoms with E-state index in [0.717, 1.165) is 17.0 Å². The van der Waals surface area contributed by atoms with Crippen LogP contribution in [0.2, 0.25) is 5.02 Å². The highest BCUT2D eigenvalue weighted by Crippen LogP contribution is 2.34. The van der Waals surface area contributed by atoms with Crippen molar-refractivity contribution in [3.05, 3.63) is 82.5 Å². The minimum Gasteiger partial charge on any atom is -0.268 e. The van der Waals surface area contributed by atoms with Crippen LogP contribution in [0.4, 0.5) is 18.9 Å². The highest BCUT2D eigenvalue weighted by molar-refractivity contribution is 7.91. The zero-order valence-corrected chi connectivity index (χ0v) is 16.8. The minimum absolute atomic E-state index is 0.136. The molecule has 1 aromatic heterocycles. The van der Waals surface area contributed by atoms with Crippen LogP contribution in [0.5, 0.6) is 0 Å². The van der Waals surface area contributed by atoms with Crippen molar-refractivity contribution >= 4 is 38.9 Å². The molecule has 0 saturated carbocycles. The van der Waals surface area contributed by atoms with E-state index in [1.807, 2.05) is 0 Å². The lowest BCUT2D eigenvalue weighted by Gasteiger charge is -2.14. The molecule has 0 spiro atoms. The number of carbonyl (C=O) groups excluding carboxylic acids is 2. The molecule has 0 N–H and O–H groups in total. The number of alkyl halides is 3. The Morgan fingerprint density at radius 2 is 1.45 bits per heavy atom. The Balaban J connectivity index is 1.68. The number of hydrogen-bond acceptors (Lipinski definition) is 5. The summed E-state index contributed by atoms with van der Waals surface area (Å²) < 4.78 is 63.9. The van der Waals surface area contributed by atoms with Gasteiger partial charge in [0.15, 0.2) is 5.03 Å². The predicted octanol–water partition coefficient (Wildman–Crippen LogP) is 4.39. The molecule has 11 heteroatoms. The molecule has 0 radical (unpaired) electrons. The number of nitrogens with zero attached hydrogens (tertiary/aromatic N) is 2. The van der Waals surface area contributed by atoms with Crippen molar-refractivity contribution in [2.24, 2.45) is 0 Å². The third-order valence-electron chi connectivity index (χ3n) is 4.59. The van der Waals surface area contributed by atoms with E-state index >= 15 is 0 Å². The summed E-state index contributed by atoms with van der Waals surface area (Å²) in [6.45, 7) is 0. The number of sulfone groups is 1. The first kappa shape index (κ1) is 21.0. The molecule has 0 aliphatic carbocycles. The molecule has 158 valence electrons. The van der Waals surface area contributed by atoms with Crippen molar-refractivity contribution in [2.75, 3.05) is 4.90 Å². The number of hydrogen-bond donors (Lipinski definition) is 0. The second-order valence-electron chi connectivity index (χ2n) is 6.50. The fourth-order valence-corrected chi connectivity index (χ4v) is 4.78. The second kappa shape index (κ2) is 7.17. The molecule has 0 fully saturated rings. The molecule has 4 rings (SSSR count). The van der Waals surface area contributed by atoms with Gasteiger partial charge in [-0.1, -0.05) is 23.7 Å². The van der Waals surface area contributed by atoms with E-state index in [2.05, 4.69) is 4.98 Å². The summed E-state index contributed by atoms with van der Waals surface area (Å²) in [5, 5.41) is -1.42. The van der Waals surface area contributed by atoms with Gasteiger partial charge in [0.1, 0.15) is 0 Å². The van der Waals surface area contributed by atoms with Crippen LogP contribution in [0.3, 0.4) is 0 Å². The second-order valence-corrected chi connectivity index (χ2v) is 8.77. The molecule has 1 aliphatic heterocycles. The van der Waals surface area contributed by atoms with Crippen LogP contribution >= 0.6 is 11.6 Å². The largest absolute Gasteiger partial charge is 0.417 e. The number of aromatic nitrogens is 1. The van der Waals surface area contributed by atoms with Gasteiger partial charge in [-0.25, -0.2) is 18.3 Å². The van der Waals surface area contributed by atoms with E-state index in [4.69, 9.17) is 11.6 Å². The summed E-state index contributed by atoms with van der Waals surface area (Å²) in [4.78, 5) is 29.0. The molecule has 0 unspecified atom stereocenters. The lowest BCUT2D eigenvalue weighted by atomic mass is 10.1. The fourth-order valence-electron chi connectivity index (χ4n) is 3.09. The number of carbonyl (C=O) groups is 2. The minimum atomic E-state index is -4.73. The van der Waals surface area contributed by atoms with Crippen LogP contribution in [-0.2, 0) is 16.0 Å². The van der Waals surface area contributed by atoms with Crippen molar-refractivity contribution in [2.45, 2.75) is 16.1 Å². The van der Waals surface area contributed by atoms with Gasteiger partial charge in [-0.3, -0.25) is 9.59 Å². The lowest BCUT2D eigenvalue weighted by Crippen LogP contribution is -2.29. The number of amides is 2. The van der Waals surface area contributed by atoms with Gasteiger partial charge in [-0.05, 0) is 42.5 Å². The number of halogens is 4. The molecule has 31 heavy (non-hydrogen) atoms. The highest BCUT2D eigenvalue weighted by Gasteiger charge is 2.37. The van der Waals surface area contributed by atoms with E-state index in [-0.39, 0.29) is 21.7 Å². The number of benzene rings is 2. The van der Waals surface area contributed by atoms with Crippen LogP contribution in [0.25, 0.3) is 0 Å². The maximum absolute atomic E-state index is 12.8. The third kappa shape index (κ3) is 3.47. The molecule has 0 bridgehead atoms. The number of fused-ring (bicyclic) bond motifs is 1. The normalized spacial score (nSPS) is 14.1. The molecular weight excluding hydrogens is 457 g/mol. The van der Waals surface area contributed by atoms with Gasteiger partial charge in [0, 0.05) is 6.20 Å². The Hall–Kier alpha value is -3.24. The fraction of sp³-hybridized carbons (Fsp3) is 0.0500. The van der Waals surface area contributed by atoms with Crippen LogP contribution in [0, 0.1) is 0 Å². The summed E-state index contributed by atoms with van der Waals surface area (Å²) in [7, 11) is -4.35. The third-order valence-corrected chi connectivity index (χ3v) is 6.72. The first-order valence-electron chi connectivity index (χ1n) is 8.57. The molecule has 0 atom stereocenters. The molecule has 2 amide bonds. The number of pyridine rings is 1. The summed E-state index contributed by atoms with van der Waals surface area (Å²) >= 11 is 5.76. The van der Waals surface area contributed by atoms with Crippen molar-refractivity contribution in [1.29, 1.82) is 0 Å². The number of rotatable bonds is 3. The SMILES string of the molecule is O=C1c2ccccc2C(=O)N1c1ccc(S(=O)(=O)c2ncc(C(F)(F)F)cc2Cl)cc1. The Morgan fingerprint density at radius 1 is 0.903 bits per heavy atom. The molecule has 0 saturated heterocycles. The highest BCUT2D eigenvalue weighted by atomic mass is 35.5. The molecule has 3 aromatic rings. The Morgan fingerprint density at radius 3 is 1.94 bits per heavy atom. The topological polar surface area (TPSA) is 84.4 Å². The van der Waals surface area contributed by atoms with Gasteiger partial charge >= 0.3 is 6.18 Å². The van der Waals surface area contributed by atoms with Crippen LogP contribution < -0.4 is 4.90 Å². The van der Waals surface area contributed by atoms with Gasteiger partial charge < -0.3 is 0 Å². The zero-order valence-electron chi connectivity index (χ0n) is 15.2. The summed E-state index contributed by atoms with van der Waals surface area (Å²) in [5.41, 5.74) is -0.594. The van der Waals surface area contributed by atoms with Gasteiger partial charge in [0.25, 0.3) is 11.8 Å². The van der Waals surface area contributed by atoms with E-state index in [9.17, 15) is 31.2 Å². The average molecular weight is 467 g/mol. The first-order valence-corrected chi connectivity index (χ1v) is 10.4. The Bertz CT molecular complexity index is 1300. The standard InChI is InChI=1S/C20H10ClF3N2O4S/c21-16-9-11(20(22,23)24)10-25-17(16)31(29,30)13-7-5-12(6-8-13)26-18(27)14-3-1-2-4-15(14)19(26)28/h1-10H. The summed E-state index contributed by atoms with van der Waals surface area (Å²) in [6, 6.07) is 11.4. The summed E-state index contributed by atoms with van der Waals surface area (Å²) in [6.07, 6.45) is -4.35. The quantitative estimate of drug-likeness (QED) is 0.535. The van der Waals surface area contributed by atoms with E-state index in [0.29, 0.717) is 12.3 Å². The maximum Gasteiger partial charge on any atom is 0.417 e. The zero-order chi connectivity index (χ0) is 22.6. The molecular formula is C20H10ClF3N2O4S. The molecule has 2 aromatic carbocycles. The average Bonchev–Trinajstić information content (AvgIpc) is 2.98. The van der Waals surface area contributed by atoms with Crippen LogP contribution in [0.1, 0.15) is 26.3 Å². The van der Waals surface area contributed by atoms with Crippen LogP contribution in [0.15, 0.2) is 70.7 Å². The van der Waals surface area contributed by atoms with Crippen molar-refractivity contribution in [1.82, 2.24) is 4.98 Å².